The lowest BCUT2D eigenvalue weighted by Crippen LogP contribution is -2.30. The fourth-order valence-electron chi connectivity index (χ4n) is 0.955. The second-order valence-corrected chi connectivity index (χ2v) is 2.97. The van der Waals surface area contributed by atoms with E-state index in [1.165, 1.54) is 0 Å². The molecule has 1 rings (SSSR count). The van der Waals surface area contributed by atoms with E-state index < -0.39 is 29.0 Å². The Labute approximate surface area is 80.3 Å². The van der Waals surface area contributed by atoms with E-state index in [4.69, 9.17) is 10.2 Å². The monoisotopic (exact) mass is 224 g/mol. The van der Waals surface area contributed by atoms with Crippen LogP contribution >= 0.6 is 0 Å². The van der Waals surface area contributed by atoms with Gasteiger partial charge < -0.3 is 14.6 Å². The summed E-state index contributed by atoms with van der Waals surface area (Å²) in [5.41, 5.74) is -1.12. The van der Waals surface area contributed by atoms with Crippen LogP contribution in [0.4, 0.5) is 13.2 Å². The molecule has 0 radical (unpaired) electrons. The van der Waals surface area contributed by atoms with Crippen LogP contribution in [0.1, 0.15) is 5.56 Å². The van der Waals surface area contributed by atoms with Gasteiger partial charge in [0.1, 0.15) is 23.0 Å². The first-order valence-corrected chi connectivity index (χ1v) is 4.35. The molecule has 0 unspecified atom stereocenters. The van der Waals surface area contributed by atoms with Crippen molar-refractivity contribution < 1.29 is 27.8 Å². The summed E-state index contributed by atoms with van der Waals surface area (Å²) < 4.78 is 42.5. The summed E-state index contributed by atoms with van der Waals surface area (Å²) in [4.78, 5) is 0. The Kier molecular flexibility index (Phi) is 2.95. The van der Waals surface area contributed by atoms with Crippen LogP contribution in [-0.4, -0.2) is 20.7 Å². The Morgan fingerprint density at radius 3 is 1.93 bits per heavy atom. The molecule has 7 heteroatoms. The Morgan fingerprint density at radius 2 is 1.57 bits per heavy atom. The Hall–Kier alpha value is -0.893. The van der Waals surface area contributed by atoms with Crippen LogP contribution in [0.5, 0.6) is 0 Å². The SMILES string of the molecule is OC(O)(O[SiH3])c1c(F)cc(F)cc1F. The van der Waals surface area contributed by atoms with Gasteiger partial charge in [-0.25, -0.2) is 13.2 Å². The van der Waals surface area contributed by atoms with Crippen LogP contribution in [0.3, 0.4) is 0 Å². The van der Waals surface area contributed by atoms with E-state index in [0.717, 1.165) is 0 Å². The summed E-state index contributed by atoms with van der Waals surface area (Å²) in [7, 11) is -0.151. The molecule has 0 spiro atoms. The van der Waals surface area contributed by atoms with Crippen molar-refractivity contribution in [2.45, 2.75) is 5.97 Å². The fourth-order valence-corrected chi connectivity index (χ4v) is 1.16. The van der Waals surface area contributed by atoms with E-state index in [-0.39, 0.29) is 10.5 Å². The van der Waals surface area contributed by atoms with Crippen LogP contribution in [-0.2, 0) is 10.4 Å². The van der Waals surface area contributed by atoms with Crippen molar-refractivity contribution in [2.24, 2.45) is 0 Å². The third kappa shape index (κ3) is 1.95. The lowest BCUT2D eigenvalue weighted by Gasteiger charge is -2.21. The van der Waals surface area contributed by atoms with Crippen LogP contribution < -0.4 is 0 Å². The molecule has 78 valence electrons. The van der Waals surface area contributed by atoms with Gasteiger partial charge in [-0.3, -0.25) is 0 Å². The predicted molar refractivity (Wildman–Crippen MR) is 43.5 cm³/mol. The molecule has 1 aromatic carbocycles. The first-order valence-electron chi connectivity index (χ1n) is 3.53. The van der Waals surface area contributed by atoms with Crippen LogP contribution in [0.25, 0.3) is 0 Å². The first-order chi connectivity index (χ1) is 6.38. The van der Waals surface area contributed by atoms with Gasteiger partial charge in [-0.2, -0.15) is 0 Å². The number of hydrogen-bond acceptors (Lipinski definition) is 3. The molecule has 0 bridgehead atoms. The molecule has 0 aliphatic heterocycles. The predicted octanol–water partition coefficient (Wildman–Crippen LogP) is -0.504. The summed E-state index contributed by atoms with van der Waals surface area (Å²) in [5.74, 6) is -7.02. The van der Waals surface area contributed by atoms with Crippen molar-refractivity contribution in [3.63, 3.8) is 0 Å². The zero-order chi connectivity index (χ0) is 10.9. The third-order valence-electron chi connectivity index (χ3n) is 1.62. The van der Waals surface area contributed by atoms with E-state index in [9.17, 15) is 13.2 Å². The molecule has 0 heterocycles. The lowest BCUT2D eigenvalue weighted by atomic mass is 10.1. The zero-order valence-electron chi connectivity index (χ0n) is 7.09. The summed E-state index contributed by atoms with van der Waals surface area (Å²) in [5, 5.41) is 18.0. The lowest BCUT2D eigenvalue weighted by molar-refractivity contribution is -0.306. The number of benzene rings is 1. The van der Waals surface area contributed by atoms with E-state index in [0.29, 0.717) is 12.1 Å². The number of hydrogen-bond donors (Lipinski definition) is 2. The average molecular weight is 224 g/mol. The minimum absolute atomic E-state index is 0.151. The fraction of sp³-hybridized carbons (Fsp3) is 0.143. The molecule has 0 saturated heterocycles. The topological polar surface area (TPSA) is 49.7 Å². The molecule has 1 aromatic rings. The van der Waals surface area contributed by atoms with E-state index >= 15 is 0 Å². The largest absolute Gasteiger partial charge is 0.377 e. The molecule has 2 N–H and O–H groups in total. The summed E-state index contributed by atoms with van der Waals surface area (Å²) in [6, 6.07) is 0.667. The quantitative estimate of drug-likeness (QED) is 0.526. The smallest absolute Gasteiger partial charge is 0.302 e. The van der Waals surface area contributed by atoms with Gasteiger partial charge in [0, 0.05) is 12.1 Å². The van der Waals surface area contributed by atoms with Crippen molar-refractivity contribution in [1.29, 1.82) is 0 Å². The maximum atomic E-state index is 12.9. The molecule has 0 fully saturated rings. The summed E-state index contributed by atoms with van der Waals surface area (Å²) >= 11 is 0. The van der Waals surface area contributed by atoms with Crippen molar-refractivity contribution in [3.05, 3.63) is 35.1 Å². The van der Waals surface area contributed by atoms with Crippen LogP contribution in [0.2, 0.25) is 0 Å². The van der Waals surface area contributed by atoms with Crippen molar-refractivity contribution in [3.8, 4) is 0 Å². The van der Waals surface area contributed by atoms with Gasteiger partial charge in [0.25, 0.3) is 0 Å². The molecule has 0 aromatic heterocycles. The molecule has 0 atom stereocenters. The highest BCUT2D eigenvalue weighted by atomic mass is 28.2. The van der Waals surface area contributed by atoms with Gasteiger partial charge in [-0.1, -0.05) is 0 Å². The summed E-state index contributed by atoms with van der Waals surface area (Å²) in [6.07, 6.45) is 0. The molecule has 0 amide bonds. The maximum absolute atomic E-state index is 12.9. The number of halogens is 3. The van der Waals surface area contributed by atoms with Gasteiger partial charge in [0.05, 0.1) is 0 Å². The Bertz CT molecular complexity index is 333. The standard InChI is InChI=1S/C7H7F3O3Si/c8-3-1-4(9)6(5(10)2-3)7(11,12)13-14/h1-2,11-12H,14H3. The van der Waals surface area contributed by atoms with Gasteiger partial charge in [-0.05, 0) is 0 Å². The van der Waals surface area contributed by atoms with Crippen LogP contribution in [0, 0.1) is 17.5 Å². The van der Waals surface area contributed by atoms with Crippen molar-refractivity contribution >= 4 is 10.5 Å². The second kappa shape index (κ2) is 3.69. The first kappa shape index (κ1) is 11.2. The molecule has 3 nitrogen and oxygen atoms in total. The van der Waals surface area contributed by atoms with Gasteiger partial charge >= 0.3 is 5.97 Å². The molecule has 0 aliphatic rings. The molecule has 14 heavy (non-hydrogen) atoms. The highest BCUT2D eigenvalue weighted by Crippen LogP contribution is 2.25. The van der Waals surface area contributed by atoms with E-state index in [2.05, 4.69) is 4.43 Å². The normalized spacial score (nSPS) is 12.1. The van der Waals surface area contributed by atoms with Gasteiger partial charge in [0.2, 0.25) is 0 Å². The minimum atomic E-state index is -3.05. The van der Waals surface area contributed by atoms with Gasteiger partial charge in [0.15, 0.2) is 10.5 Å². The Morgan fingerprint density at radius 1 is 1.14 bits per heavy atom. The number of aliphatic hydroxyl groups is 2. The molecule has 0 aliphatic carbocycles. The molecular weight excluding hydrogens is 217 g/mol. The van der Waals surface area contributed by atoms with Crippen molar-refractivity contribution in [2.75, 3.05) is 0 Å². The Balaban J connectivity index is 3.35. The van der Waals surface area contributed by atoms with E-state index in [1.807, 2.05) is 0 Å². The highest BCUT2D eigenvalue weighted by molar-refractivity contribution is 5.98. The zero-order valence-corrected chi connectivity index (χ0v) is 9.09. The van der Waals surface area contributed by atoms with E-state index in [1.54, 1.807) is 0 Å². The minimum Gasteiger partial charge on any atom is -0.377 e. The average Bonchev–Trinajstić information content (AvgIpc) is 2.01. The second-order valence-electron chi connectivity index (χ2n) is 2.56. The van der Waals surface area contributed by atoms with Crippen LogP contribution in [0.15, 0.2) is 12.1 Å². The van der Waals surface area contributed by atoms with Gasteiger partial charge in [-0.15, -0.1) is 0 Å². The number of rotatable bonds is 2. The third-order valence-corrected chi connectivity index (χ3v) is 2.19. The molecular formula is C7H7F3O3Si. The molecule has 0 saturated carbocycles. The maximum Gasteiger partial charge on any atom is 0.302 e. The summed E-state index contributed by atoms with van der Waals surface area (Å²) in [6.45, 7) is 0. The van der Waals surface area contributed by atoms with Crippen molar-refractivity contribution in [1.82, 2.24) is 0 Å². The highest BCUT2D eigenvalue weighted by Gasteiger charge is 2.33.